The summed E-state index contributed by atoms with van der Waals surface area (Å²) in [6.45, 7) is 3.95. The fourth-order valence-electron chi connectivity index (χ4n) is 2.78. The summed E-state index contributed by atoms with van der Waals surface area (Å²) in [7, 11) is 0. The normalized spacial score (nSPS) is 14.7. The second-order valence-electron chi connectivity index (χ2n) is 6.32. The maximum atomic E-state index is 12.2. The van der Waals surface area contributed by atoms with Crippen molar-refractivity contribution in [3.63, 3.8) is 0 Å². The highest BCUT2D eigenvalue weighted by molar-refractivity contribution is 6.20. The summed E-state index contributed by atoms with van der Waals surface area (Å²) in [4.78, 5) is 41.5. The molecular weight excluding hydrogens is 306 g/mol. The van der Waals surface area contributed by atoms with Crippen molar-refractivity contribution in [1.29, 1.82) is 0 Å². The van der Waals surface area contributed by atoms with Crippen LogP contribution in [0.5, 0.6) is 0 Å². The summed E-state index contributed by atoms with van der Waals surface area (Å²) in [6.07, 6.45) is 7.60. The Hall–Kier alpha value is -2.17. The first-order valence-corrected chi connectivity index (χ1v) is 8.76. The molecule has 130 valence electrons. The standard InChI is InChI=1S/C19H25NO4/c1-3-4-5-6-7-8-11-14(2)19(23)24-20-17(21)15-12-9-10-13-16(15)18(20)22/h9-10,12-14H,3-8,11H2,1-2H3. The summed E-state index contributed by atoms with van der Waals surface area (Å²) in [5.41, 5.74) is 0.553. The number of carbonyl (C=O) groups is 3. The Morgan fingerprint density at radius 2 is 1.54 bits per heavy atom. The van der Waals surface area contributed by atoms with Crippen LogP contribution in [-0.2, 0) is 9.63 Å². The number of hydrogen-bond acceptors (Lipinski definition) is 4. The lowest BCUT2D eigenvalue weighted by molar-refractivity contribution is -0.173. The molecule has 24 heavy (non-hydrogen) atoms. The molecule has 1 unspecified atom stereocenters. The number of rotatable bonds is 9. The van der Waals surface area contributed by atoms with Gasteiger partial charge in [-0.15, -0.1) is 0 Å². The van der Waals surface area contributed by atoms with Crippen LogP contribution in [0.1, 0.15) is 79.5 Å². The molecule has 2 rings (SSSR count). The predicted octanol–water partition coefficient (Wildman–Crippen LogP) is 4.13. The zero-order valence-electron chi connectivity index (χ0n) is 14.4. The molecule has 2 amide bonds. The van der Waals surface area contributed by atoms with E-state index >= 15 is 0 Å². The SMILES string of the molecule is CCCCCCCCC(C)C(=O)ON1C(=O)c2ccccc2C1=O. The first-order chi connectivity index (χ1) is 11.6. The average molecular weight is 331 g/mol. The second-order valence-corrected chi connectivity index (χ2v) is 6.32. The lowest BCUT2D eigenvalue weighted by Crippen LogP contribution is -2.34. The molecule has 0 aliphatic carbocycles. The number of fused-ring (bicyclic) bond motifs is 1. The summed E-state index contributed by atoms with van der Waals surface area (Å²) >= 11 is 0. The number of nitrogens with zero attached hydrogens (tertiary/aromatic N) is 1. The number of hydroxylamine groups is 2. The largest absolute Gasteiger partial charge is 0.335 e. The molecule has 0 saturated carbocycles. The second kappa shape index (κ2) is 8.62. The molecule has 0 saturated heterocycles. The van der Waals surface area contributed by atoms with Gasteiger partial charge in [0, 0.05) is 0 Å². The molecule has 1 aromatic rings. The minimum absolute atomic E-state index is 0.277. The topological polar surface area (TPSA) is 63.7 Å². The molecule has 0 aromatic heterocycles. The van der Waals surface area contributed by atoms with Gasteiger partial charge in [0.1, 0.15) is 0 Å². The third kappa shape index (κ3) is 4.22. The Kier molecular flexibility index (Phi) is 6.53. The van der Waals surface area contributed by atoms with Crippen molar-refractivity contribution in [2.45, 2.75) is 58.8 Å². The fraction of sp³-hybridized carbons (Fsp3) is 0.526. The number of unbranched alkanes of at least 4 members (excludes halogenated alkanes) is 5. The number of imide groups is 1. The van der Waals surface area contributed by atoms with Crippen LogP contribution in [0.15, 0.2) is 24.3 Å². The van der Waals surface area contributed by atoms with Crippen molar-refractivity contribution in [3.05, 3.63) is 35.4 Å². The van der Waals surface area contributed by atoms with Gasteiger partial charge >= 0.3 is 5.97 Å². The van der Waals surface area contributed by atoms with Crippen LogP contribution in [0, 0.1) is 5.92 Å². The van der Waals surface area contributed by atoms with Crippen LogP contribution < -0.4 is 0 Å². The molecule has 1 heterocycles. The Bertz CT molecular complexity index is 576. The fourth-order valence-corrected chi connectivity index (χ4v) is 2.78. The van der Waals surface area contributed by atoms with Gasteiger partial charge in [-0.25, -0.2) is 4.79 Å². The highest BCUT2D eigenvalue weighted by Crippen LogP contribution is 2.24. The van der Waals surface area contributed by atoms with Gasteiger partial charge in [0.25, 0.3) is 11.8 Å². The Morgan fingerprint density at radius 3 is 2.12 bits per heavy atom. The Morgan fingerprint density at radius 1 is 1.00 bits per heavy atom. The van der Waals surface area contributed by atoms with Crippen LogP contribution in [-0.4, -0.2) is 22.8 Å². The third-order valence-electron chi connectivity index (χ3n) is 4.33. The molecule has 5 nitrogen and oxygen atoms in total. The highest BCUT2D eigenvalue weighted by atomic mass is 16.7. The van der Waals surface area contributed by atoms with Gasteiger partial charge in [-0.2, -0.15) is 0 Å². The highest BCUT2D eigenvalue weighted by Gasteiger charge is 2.39. The molecule has 0 N–H and O–H groups in total. The molecule has 0 spiro atoms. The number of carbonyl (C=O) groups excluding carboxylic acids is 3. The molecule has 1 aliphatic rings. The van der Waals surface area contributed by atoms with E-state index in [0.717, 1.165) is 12.8 Å². The molecule has 0 bridgehead atoms. The number of amides is 2. The summed E-state index contributed by atoms with van der Waals surface area (Å²) in [5.74, 6) is -2.01. The lowest BCUT2D eigenvalue weighted by atomic mass is 10.0. The molecule has 0 radical (unpaired) electrons. The van der Waals surface area contributed by atoms with E-state index in [-0.39, 0.29) is 17.0 Å². The maximum Gasteiger partial charge on any atom is 0.335 e. The molecule has 5 heteroatoms. The van der Waals surface area contributed by atoms with E-state index in [1.165, 1.54) is 25.7 Å². The van der Waals surface area contributed by atoms with Crippen molar-refractivity contribution in [2.24, 2.45) is 5.92 Å². The van der Waals surface area contributed by atoms with Crippen molar-refractivity contribution in [3.8, 4) is 0 Å². The van der Waals surface area contributed by atoms with Crippen LogP contribution in [0.3, 0.4) is 0 Å². The quantitative estimate of drug-likeness (QED) is 0.504. The maximum absolute atomic E-state index is 12.2. The van der Waals surface area contributed by atoms with E-state index in [1.807, 2.05) is 0 Å². The monoisotopic (exact) mass is 331 g/mol. The van der Waals surface area contributed by atoms with E-state index in [0.29, 0.717) is 11.5 Å². The summed E-state index contributed by atoms with van der Waals surface area (Å²) < 4.78 is 0. The van der Waals surface area contributed by atoms with Crippen LogP contribution >= 0.6 is 0 Å². The number of benzene rings is 1. The van der Waals surface area contributed by atoms with Gasteiger partial charge in [-0.1, -0.05) is 69.6 Å². The molecule has 0 fully saturated rings. The lowest BCUT2D eigenvalue weighted by Gasteiger charge is -2.16. The molecule has 1 aromatic carbocycles. The van der Waals surface area contributed by atoms with Crippen LogP contribution in [0.25, 0.3) is 0 Å². The van der Waals surface area contributed by atoms with E-state index in [9.17, 15) is 14.4 Å². The van der Waals surface area contributed by atoms with E-state index in [2.05, 4.69) is 6.92 Å². The molecular formula is C19H25NO4. The molecule has 1 aliphatic heterocycles. The van der Waals surface area contributed by atoms with Crippen molar-refractivity contribution in [2.75, 3.05) is 0 Å². The van der Waals surface area contributed by atoms with Crippen molar-refractivity contribution in [1.82, 2.24) is 5.06 Å². The third-order valence-corrected chi connectivity index (χ3v) is 4.33. The summed E-state index contributed by atoms with van der Waals surface area (Å²) in [5, 5.41) is 0.588. The van der Waals surface area contributed by atoms with Gasteiger partial charge in [0.05, 0.1) is 17.0 Å². The minimum atomic E-state index is -0.573. The average Bonchev–Trinajstić information content (AvgIpc) is 2.83. The zero-order chi connectivity index (χ0) is 17.5. The van der Waals surface area contributed by atoms with E-state index in [4.69, 9.17) is 4.84 Å². The van der Waals surface area contributed by atoms with Gasteiger partial charge in [0.2, 0.25) is 0 Å². The number of hydrogen-bond donors (Lipinski definition) is 0. The smallest absolute Gasteiger partial charge is 0.329 e. The first kappa shape index (κ1) is 18.2. The van der Waals surface area contributed by atoms with Crippen LogP contribution in [0.4, 0.5) is 0 Å². The van der Waals surface area contributed by atoms with Crippen molar-refractivity contribution >= 4 is 17.8 Å². The first-order valence-electron chi connectivity index (χ1n) is 8.76. The van der Waals surface area contributed by atoms with Gasteiger partial charge in [-0.3, -0.25) is 9.59 Å². The minimum Gasteiger partial charge on any atom is -0.329 e. The Labute approximate surface area is 142 Å². The zero-order valence-corrected chi connectivity index (χ0v) is 14.4. The summed E-state index contributed by atoms with van der Waals surface area (Å²) in [6, 6.07) is 6.47. The molecule has 1 atom stereocenters. The van der Waals surface area contributed by atoms with E-state index < -0.39 is 17.8 Å². The van der Waals surface area contributed by atoms with Gasteiger partial charge in [-0.05, 0) is 18.6 Å². The van der Waals surface area contributed by atoms with E-state index in [1.54, 1.807) is 31.2 Å². The van der Waals surface area contributed by atoms with Gasteiger partial charge in [0.15, 0.2) is 0 Å². The van der Waals surface area contributed by atoms with Crippen molar-refractivity contribution < 1.29 is 19.2 Å². The predicted molar refractivity (Wildman–Crippen MR) is 90.2 cm³/mol. The Balaban J connectivity index is 1.80. The van der Waals surface area contributed by atoms with Gasteiger partial charge < -0.3 is 4.84 Å². The van der Waals surface area contributed by atoms with Crippen LogP contribution in [0.2, 0.25) is 0 Å².